The molecule has 168 valence electrons. The first-order valence-corrected chi connectivity index (χ1v) is 12.5. The van der Waals surface area contributed by atoms with Crippen molar-refractivity contribution in [2.75, 3.05) is 69.2 Å². The highest BCUT2D eigenvalue weighted by molar-refractivity contribution is 7.89. The van der Waals surface area contributed by atoms with Gasteiger partial charge in [-0.1, -0.05) is 30.3 Å². The lowest BCUT2D eigenvalue weighted by molar-refractivity contribution is 0.312. The van der Waals surface area contributed by atoms with E-state index in [0.717, 1.165) is 48.6 Å². The van der Waals surface area contributed by atoms with Crippen molar-refractivity contribution in [3.8, 4) is 0 Å². The number of hydrogen-bond acceptors (Lipinski definition) is 7. The van der Waals surface area contributed by atoms with Crippen LogP contribution in [0.25, 0.3) is 10.8 Å². The van der Waals surface area contributed by atoms with E-state index in [1.165, 1.54) is 0 Å². The number of likely N-dealkylation sites (N-methyl/N-ethyl adjacent to an activating group) is 1. The molecule has 5 rings (SSSR count). The fraction of sp³-hybridized carbons (Fsp3) is 0.391. The van der Waals surface area contributed by atoms with E-state index in [2.05, 4.69) is 31.9 Å². The monoisotopic (exact) mass is 452 g/mol. The van der Waals surface area contributed by atoms with Gasteiger partial charge in [0.25, 0.3) is 0 Å². The van der Waals surface area contributed by atoms with Gasteiger partial charge in [0.05, 0.1) is 4.90 Å². The molecule has 0 spiro atoms. The van der Waals surface area contributed by atoms with Crippen LogP contribution in [0.15, 0.2) is 59.5 Å². The maximum absolute atomic E-state index is 13.2. The van der Waals surface area contributed by atoms with Crippen molar-refractivity contribution in [2.24, 2.45) is 0 Å². The van der Waals surface area contributed by atoms with Gasteiger partial charge in [0.15, 0.2) is 11.6 Å². The molecule has 2 fully saturated rings. The van der Waals surface area contributed by atoms with Crippen LogP contribution in [0.1, 0.15) is 0 Å². The summed E-state index contributed by atoms with van der Waals surface area (Å²) < 4.78 is 27.9. The summed E-state index contributed by atoms with van der Waals surface area (Å²) in [4.78, 5) is 7.02. The minimum Gasteiger partial charge on any atom is -0.353 e. The number of hydrogen-bond donors (Lipinski definition) is 0. The number of rotatable bonds is 4. The average molecular weight is 453 g/mol. The van der Waals surface area contributed by atoms with Crippen molar-refractivity contribution in [3.05, 3.63) is 54.6 Å². The average Bonchev–Trinajstić information content (AvgIpc) is 2.84. The van der Waals surface area contributed by atoms with Gasteiger partial charge >= 0.3 is 0 Å². The lowest BCUT2D eigenvalue weighted by Gasteiger charge is -2.35. The Balaban J connectivity index is 1.24. The largest absolute Gasteiger partial charge is 0.353 e. The van der Waals surface area contributed by atoms with Crippen molar-refractivity contribution in [2.45, 2.75) is 4.90 Å². The molecule has 1 aromatic heterocycles. The lowest BCUT2D eigenvalue weighted by atomic mass is 10.1. The molecule has 0 N–H and O–H groups in total. The zero-order valence-electron chi connectivity index (χ0n) is 18.3. The van der Waals surface area contributed by atoms with Crippen molar-refractivity contribution in [3.63, 3.8) is 0 Å². The number of benzene rings is 2. The predicted molar refractivity (Wildman–Crippen MR) is 127 cm³/mol. The summed E-state index contributed by atoms with van der Waals surface area (Å²) in [6.45, 7) is 6.00. The van der Waals surface area contributed by atoms with Crippen molar-refractivity contribution in [1.82, 2.24) is 19.4 Å². The smallest absolute Gasteiger partial charge is 0.243 e. The molecular weight excluding hydrogens is 424 g/mol. The molecule has 2 saturated heterocycles. The van der Waals surface area contributed by atoms with Gasteiger partial charge in [-0.3, -0.25) is 0 Å². The van der Waals surface area contributed by atoms with Gasteiger partial charge in [-0.2, -0.15) is 4.31 Å². The first-order chi connectivity index (χ1) is 15.5. The Hall–Kier alpha value is -2.75. The van der Waals surface area contributed by atoms with E-state index in [1.54, 1.807) is 16.4 Å². The second-order valence-corrected chi connectivity index (χ2v) is 10.4. The SMILES string of the molecule is CN1CCN(c2ccc(N3CCN(S(=O)(=O)c4ccc5ccccc5c4)CC3)nn2)CC1. The van der Waals surface area contributed by atoms with Crippen LogP contribution in [-0.2, 0) is 10.0 Å². The molecule has 0 atom stereocenters. The molecule has 0 bridgehead atoms. The Bertz CT molecular complexity index is 1180. The van der Waals surface area contributed by atoms with E-state index in [4.69, 9.17) is 0 Å². The molecule has 2 aromatic carbocycles. The molecule has 2 aliphatic rings. The highest BCUT2D eigenvalue weighted by Gasteiger charge is 2.29. The third-order valence-corrected chi connectivity index (χ3v) is 8.28. The molecule has 32 heavy (non-hydrogen) atoms. The second-order valence-electron chi connectivity index (χ2n) is 8.44. The number of piperazine rings is 2. The van der Waals surface area contributed by atoms with Crippen LogP contribution in [0.5, 0.6) is 0 Å². The highest BCUT2D eigenvalue weighted by Crippen LogP contribution is 2.24. The first kappa shape index (κ1) is 21.1. The predicted octanol–water partition coefficient (Wildman–Crippen LogP) is 1.89. The van der Waals surface area contributed by atoms with Gasteiger partial charge in [0.2, 0.25) is 10.0 Å². The van der Waals surface area contributed by atoms with Crippen LogP contribution in [0, 0.1) is 0 Å². The first-order valence-electron chi connectivity index (χ1n) is 11.0. The van der Waals surface area contributed by atoms with Gasteiger partial charge in [-0.25, -0.2) is 8.42 Å². The zero-order valence-corrected chi connectivity index (χ0v) is 19.1. The maximum Gasteiger partial charge on any atom is 0.243 e. The van der Waals surface area contributed by atoms with Crippen LogP contribution in [0.3, 0.4) is 0 Å². The van der Waals surface area contributed by atoms with E-state index in [0.29, 0.717) is 31.1 Å². The quantitative estimate of drug-likeness (QED) is 0.599. The van der Waals surface area contributed by atoms with Crippen LogP contribution in [-0.4, -0.2) is 87.2 Å². The summed E-state index contributed by atoms with van der Waals surface area (Å²) >= 11 is 0. The Labute approximate surface area is 189 Å². The van der Waals surface area contributed by atoms with Gasteiger partial charge in [0.1, 0.15) is 0 Å². The van der Waals surface area contributed by atoms with E-state index in [1.807, 2.05) is 42.5 Å². The number of nitrogens with zero attached hydrogens (tertiary/aromatic N) is 6. The molecule has 0 amide bonds. The summed E-state index contributed by atoms with van der Waals surface area (Å²) in [5.41, 5.74) is 0. The Morgan fingerprint density at radius 1 is 0.688 bits per heavy atom. The lowest BCUT2D eigenvalue weighted by Crippen LogP contribution is -2.49. The third-order valence-electron chi connectivity index (χ3n) is 6.38. The van der Waals surface area contributed by atoms with Crippen molar-refractivity contribution < 1.29 is 8.42 Å². The molecule has 2 aliphatic heterocycles. The molecular formula is C23H28N6O2S. The Kier molecular flexibility index (Phi) is 5.71. The molecule has 0 aliphatic carbocycles. The molecule has 8 nitrogen and oxygen atoms in total. The topological polar surface area (TPSA) is 72.9 Å². The number of sulfonamides is 1. The van der Waals surface area contributed by atoms with Crippen LogP contribution in [0.2, 0.25) is 0 Å². The van der Waals surface area contributed by atoms with E-state index < -0.39 is 10.0 Å². The summed E-state index contributed by atoms with van der Waals surface area (Å²) in [5, 5.41) is 10.8. The van der Waals surface area contributed by atoms with E-state index in [-0.39, 0.29) is 0 Å². The van der Waals surface area contributed by atoms with Crippen molar-refractivity contribution >= 4 is 32.4 Å². The van der Waals surface area contributed by atoms with Gasteiger partial charge < -0.3 is 14.7 Å². The number of aromatic nitrogens is 2. The molecule has 0 radical (unpaired) electrons. The Morgan fingerprint density at radius 3 is 1.84 bits per heavy atom. The highest BCUT2D eigenvalue weighted by atomic mass is 32.2. The van der Waals surface area contributed by atoms with Crippen LogP contribution in [0.4, 0.5) is 11.6 Å². The number of fused-ring (bicyclic) bond motifs is 1. The fourth-order valence-electron chi connectivity index (χ4n) is 4.33. The van der Waals surface area contributed by atoms with Crippen LogP contribution < -0.4 is 9.80 Å². The third kappa shape index (κ3) is 4.15. The van der Waals surface area contributed by atoms with E-state index in [9.17, 15) is 8.42 Å². The van der Waals surface area contributed by atoms with Crippen molar-refractivity contribution in [1.29, 1.82) is 0 Å². The molecule has 9 heteroatoms. The minimum absolute atomic E-state index is 0.348. The van der Waals surface area contributed by atoms with Crippen LogP contribution >= 0.6 is 0 Å². The number of anilines is 2. The van der Waals surface area contributed by atoms with Gasteiger partial charge in [-0.05, 0) is 42.1 Å². The maximum atomic E-state index is 13.2. The van der Waals surface area contributed by atoms with Gasteiger partial charge in [-0.15, -0.1) is 10.2 Å². The summed E-state index contributed by atoms with van der Waals surface area (Å²) in [6, 6.07) is 17.2. The molecule has 3 heterocycles. The minimum atomic E-state index is -3.52. The summed E-state index contributed by atoms with van der Waals surface area (Å²) in [6.07, 6.45) is 0. The second kappa shape index (κ2) is 8.65. The molecule has 3 aromatic rings. The summed E-state index contributed by atoms with van der Waals surface area (Å²) in [5.74, 6) is 1.70. The molecule has 0 saturated carbocycles. The zero-order chi connectivity index (χ0) is 22.1. The fourth-order valence-corrected chi connectivity index (χ4v) is 5.78. The normalized spacial score (nSPS) is 18.9. The van der Waals surface area contributed by atoms with E-state index >= 15 is 0 Å². The summed E-state index contributed by atoms with van der Waals surface area (Å²) in [7, 11) is -1.39. The van der Waals surface area contributed by atoms with Gasteiger partial charge in [0, 0.05) is 52.4 Å². The Morgan fingerprint density at radius 2 is 1.25 bits per heavy atom. The molecule has 0 unspecified atom stereocenters. The standard InChI is InChI=1S/C23H28N6O2S/c1-26-10-12-27(13-11-26)22-8-9-23(25-24-22)28-14-16-29(17-15-28)32(30,31)21-7-6-19-4-2-3-5-20(19)18-21/h2-9,18H,10-17H2,1H3.